The van der Waals surface area contributed by atoms with Gasteiger partial charge in [-0.05, 0) is 61.7 Å². The fourth-order valence-corrected chi connectivity index (χ4v) is 6.04. The summed E-state index contributed by atoms with van der Waals surface area (Å²) in [6.45, 7) is -0.179. The molecule has 0 fully saturated rings. The largest absolute Gasteiger partial charge is 0.512 e. The van der Waals surface area contributed by atoms with Crippen LogP contribution in [0.4, 0.5) is 0 Å². The van der Waals surface area contributed by atoms with Crippen molar-refractivity contribution in [3.05, 3.63) is 100 Å². The van der Waals surface area contributed by atoms with Gasteiger partial charge < -0.3 is 49.5 Å². The molecular formula is C40H41N5O14. The fraction of sp³-hybridized carbons (Fsp3) is 0.325. The van der Waals surface area contributed by atoms with Gasteiger partial charge in [0.2, 0.25) is 11.8 Å². The maximum Gasteiger partial charge on any atom is 0.354 e. The molecule has 1 aromatic carbocycles. The maximum atomic E-state index is 14.3. The Labute approximate surface area is 335 Å². The highest BCUT2D eigenvalue weighted by molar-refractivity contribution is 5.97. The molecule has 1 unspecified atom stereocenters. The molecule has 59 heavy (non-hydrogen) atoms. The molecule has 0 saturated carbocycles. The van der Waals surface area contributed by atoms with Crippen molar-refractivity contribution < 1.29 is 62.7 Å². The van der Waals surface area contributed by atoms with Crippen LogP contribution < -0.4 is 30.5 Å². The van der Waals surface area contributed by atoms with Crippen LogP contribution in [0.1, 0.15) is 63.4 Å². The SMILES string of the molecule is COc1ccc2cc(C(=O)NCCCC[C@H](NC(=O)C3CC(=O)C=C(O)C3)C(=O)N(CCOc3ccc(C(=O)O)nc3)CCOc3ccc(C(=O)O)nc3)c(=O)oc2c1. The molecule has 1 aliphatic carbocycles. The van der Waals surface area contributed by atoms with Gasteiger partial charge in [0.05, 0.1) is 44.3 Å². The van der Waals surface area contributed by atoms with Gasteiger partial charge in [0, 0.05) is 36.9 Å². The zero-order chi connectivity index (χ0) is 42.5. The molecule has 3 heterocycles. The first-order chi connectivity index (χ1) is 28.3. The van der Waals surface area contributed by atoms with Gasteiger partial charge in [0.1, 0.15) is 59.0 Å². The minimum Gasteiger partial charge on any atom is -0.512 e. The van der Waals surface area contributed by atoms with Crippen molar-refractivity contribution in [1.29, 1.82) is 0 Å². The number of ketones is 1. The van der Waals surface area contributed by atoms with E-state index in [1.54, 1.807) is 12.1 Å². The minimum absolute atomic E-state index is 0.0476. The molecule has 3 amide bonds. The minimum atomic E-state index is -1.22. The van der Waals surface area contributed by atoms with Crippen molar-refractivity contribution in [2.75, 3.05) is 40.0 Å². The Kier molecular flexibility index (Phi) is 14.7. The molecule has 4 aromatic rings. The first kappa shape index (κ1) is 42.8. The number of unbranched alkanes of at least 4 members (excludes halogenated alkanes) is 1. The molecule has 5 N–H and O–H groups in total. The van der Waals surface area contributed by atoms with Crippen LogP contribution in [0.2, 0.25) is 0 Å². The van der Waals surface area contributed by atoms with E-state index in [4.69, 9.17) is 28.8 Å². The van der Waals surface area contributed by atoms with Gasteiger partial charge in [-0.15, -0.1) is 0 Å². The van der Waals surface area contributed by atoms with Crippen molar-refractivity contribution in [3.8, 4) is 17.2 Å². The quantitative estimate of drug-likeness (QED) is 0.0634. The number of aromatic nitrogens is 2. The zero-order valence-corrected chi connectivity index (χ0v) is 31.8. The Morgan fingerprint density at radius 1 is 0.864 bits per heavy atom. The van der Waals surface area contributed by atoms with Crippen molar-refractivity contribution in [1.82, 2.24) is 25.5 Å². The predicted octanol–water partition coefficient (Wildman–Crippen LogP) is 2.78. The highest BCUT2D eigenvalue weighted by atomic mass is 16.5. The molecule has 5 rings (SSSR count). The molecule has 2 atom stereocenters. The molecule has 19 heteroatoms. The monoisotopic (exact) mass is 815 g/mol. The number of nitrogens with one attached hydrogen (secondary N) is 2. The van der Waals surface area contributed by atoms with E-state index in [-0.39, 0.29) is 91.9 Å². The topological polar surface area (TPSA) is 274 Å². The Balaban J connectivity index is 1.27. The summed E-state index contributed by atoms with van der Waals surface area (Å²) < 4.78 is 21.9. The van der Waals surface area contributed by atoms with Crippen molar-refractivity contribution >= 4 is 46.4 Å². The summed E-state index contributed by atoms with van der Waals surface area (Å²) in [4.78, 5) is 96.8. The summed E-state index contributed by atoms with van der Waals surface area (Å²) in [6.07, 6.45) is 3.89. The van der Waals surface area contributed by atoms with E-state index in [0.717, 1.165) is 6.08 Å². The molecule has 1 aliphatic rings. The number of aliphatic hydroxyl groups excluding tert-OH is 1. The smallest absolute Gasteiger partial charge is 0.354 e. The van der Waals surface area contributed by atoms with Gasteiger partial charge in [-0.3, -0.25) is 19.2 Å². The van der Waals surface area contributed by atoms with Crippen LogP contribution in [0.3, 0.4) is 0 Å². The second-order valence-corrected chi connectivity index (χ2v) is 13.3. The number of carboxylic acids is 2. The number of rotatable bonds is 20. The summed E-state index contributed by atoms with van der Waals surface area (Å²) in [5, 5.41) is 34.2. The summed E-state index contributed by atoms with van der Waals surface area (Å²) >= 11 is 0. The lowest BCUT2D eigenvalue weighted by molar-refractivity contribution is -0.138. The van der Waals surface area contributed by atoms with Crippen LogP contribution in [0.25, 0.3) is 11.0 Å². The third-order valence-electron chi connectivity index (χ3n) is 9.09. The van der Waals surface area contributed by atoms with Crippen LogP contribution in [-0.2, 0) is 14.4 Å². The van der Waals surface area contributed by atoms with E-state index in [0.29, 0.717) is 24.0 Å². The lowest BCUT2D eigenvalue weighted by Crippen LogP contribution is -2.52. The van der Waals surface area contributed by atoms with Gasteiger partial charge in [-0.25, -0.2) is 24.4 Å². The Bertz CT molecular complexity index is 2210. The molecule has 0 bridgehead atoms. The summed E-state index contributed by atoms with van der Waals surface area (Å²) in [7, 11) is 1.47. The number of ether oxygens (including phenoxy) is 3. The second-order valence-electron chi connectivity index (χ2n) is 13.3. The van der Waals surface area contributed by atoms with Gasteiger partial charge in [-0.2, -0.15) is 0 Å². The normalized spacial score (nSPS) is 14.1. The van der Waals surface area contributed by atoms with Crippen molar-refractivity contribution in [2.45, 2.75) is 38.1 Å². The molecule has 0 radical (unpaired) electrons. The number of aromatic carboxylic acids is 2. The number of pyridine rings is 2. The van der Waals surface area contributed by atoms with Gasteiger partial charge in [0.25, 0.3) is 5.91 Å². The van der Waals surface area contributed by atoms with Crippen LogP contribution >= 0.6 is 0 Å². The van der Waals surface area contributed by atoms with E-state index in [2.05, 4.69) is 20.6 Å². The summed E-state index contributed by atoms with van der Waals surface area (Å²) in [5.74, 6) is -5.00. The third-order valence-corrected chi connectivity index (χ3v) is 9.09. The van der Waals surface area contributed by atoms with Crippen LogP contribution in [-0.4, -0.2) is 112 Å². The van der Waals surface area contributed by atoms with Crippen molar-refractivity contribution in [3.63, 3.8) is 0 Å². The third kappa shape index (κ3) is 12.1. The average molecular weight is 816 g/mol. The van der Waals surface area contributed by atoms with E-state index >= 15 is 0 Å². The highest BCUT2D eigenvalue weighted by Gasteiger charge is 2.32. The lowest BCUT2D eigenvalue weighted by Gasteiger charge is -2.29. The first-order valence-electron chi connectivity index (χ1n) is 18.4. The number of carbonyl (C=O) groups is 6. The van der Waals surface area contributed by atoms with Gasteiger partial charge in [0.15, 0.2) is 5.78 Å². The van der Waals surface area contributed by atoms with Crippen LogP contribution in [0.15, 0.2) is 82.0 Å². The summed E-state index contributed by atoms with van der Waals surface area (Å²) in [5.41, 5.74) is -1.19. The molecule has 19 nitrogen and oxygen atoms in total. The Morgan fingerprint density at radius 3 is 2.05 bits per heavy atom. The van der Waals surface area contributed by atoms with Crippen LogP contribution in [0.5, 0.6) is 17.2 Å². The number of fused-ring (bicyclic) bond motifs is 1. The Hall–Kier alpha value is -7.31. The fourth-order valence-electron chi connectivity index (χ4n) is 6.04. The highest BCUT2D eigenvalue weighted by Crippen LogP contribution is 2.22. The zero-order valence-electron chi connectivity index (χ0n) is 31.8. The molecule has 0 saturated heterocycles. The molecule has 0 aliphatic heterocycles. The average Bonchev–Trinajstić information content (AvgIpc) is 3.21. The number of benzene rings is 1. The number of aliphatic hydroxyl groups is 1. The van der Waals surface area contributed by atoms with E-state index in [9.17, 15) is 38.7 Å². The van der Waals surface area contributed by atoms with Gasteiger partial charge >= 0.3 is 17.6 Å². The number of carbonyl (C=O) groups excluding carboxylic acids is 4. The number of nitrogens with zero attached hydrogens (tertiary/aromatic N) is 3. The second kappa shape index (κ2) is 20.2. The molecule has 0 spiro atoms. The van der Waals surface area contributed by atoms with E-state index in [1.807, 2.05) is 0 Å². The standard InChI is InChI=1S/C40H41N5O14/c1-56-27-6-5-23-18-30(40(55)59-34(23)20-27)36(49)41-11-3-2-4-31(44-35(48)24-16-25(46)19-26(47)17-24)37(50)45(12-14-57-28-7-9-32(38(51)52)42-21-28)13-15-58-29-8-10-33(39(53)54)43-22-29/h5-10,18-22,24,31,46H,2-4,11-17H2,1H3,(H,41,49)(H,44,48)(H,51,52)(H,53,54)/t24?,31-/m0/s1. The first-order valence-corrected chi connectivity index (χ1v) is 18.4. The van der Waals surface area contributed by atoms with Crippen molar-refractivity contribution in [2.24, 2.45) is 5.92 Å². The van der Waals surface area contributed by atoms with Crippen LogP contribution in [0, 0.1) is 5.92 Å². The van der Waals surface area contributed by atoms with Gasteiger partial charge in [-0.1, -0.05) is 0 Å². The summed E-state index contributed by atoms with van der Waals surface area (Å²) in [6, 6.07) is 10.4. The maximum absolute atomic E-state index is 14.3. The molecule has 3 aromatic heterocycles. The number of hydrogen-bond acceptors (Lipinski definition) is 14. The van der Waals surface area contributed by atoms with E-state index < -0.39 is 53.0 Å². The number of hydrogen-bond donors (Lipinski definition) is 5. The molecular weight excluding hydrogens is 774 g/mol. The Morgan fingerprint density at radius 2 is 1.49 bits per heavy atom. The number of carboxylic acid groups (broad SMARTS) is 2. The number of amides is 3. The lowest BCUT2D eigenvalue weighted by atomic mass is 9.91. The number of allylic oxidation sites excluding steroid dienone is 2. The predicted molar refractivity (Wildman–Crippen MR) is 206 cm³/mol. The van der Waals surface area contributed by atoms with E-state index in [1.165, 1.54) is 60.8 Å². The number of methoxy groups -OCH3 is 1. The molecule has 310 valence electrons.